The van der Waals surface area contributed by atoms with Crippen LogP contribution in [-0.4, -0.2) is 65.3 Å². The summed E-state index contributed by atoms with van der Waals surface area (Å²) in [5.74, 6) is -0.0769. The van der Waals surface area contributed by atoms with Crippen LogP contribution in [0.3, 0.4) is 0 Å². The summed E-state index contributed by atoms with van der Waals surface area (Å²) in [5, 5.41) is 3.47. The molecule has 1 amide bonds. The Morgan fingerprint density at radius 2 is 1.86 bits per heavy atom. The molecule has 36 heavy (non-hydrogen) atoms. The summed E-state index contributed by atoms with van der Waals surface area (Å²) in [6, 6.07) is 7.53. The topological polar surface area (TPSA) is 83.5 Å². The van der Waals surface area contributed by atoms with Gasteiger partial charge in [-0.15, -0.1) is 13.2 Å². The number of hydrogen-bond donors (Lipinski definition) is 1. The molecule has 1 aliphatic heterocycles. The number of piperidine rings is 1. The van der Waals surface area contributed by atoms with Crippen LogP contribution in [0.4, 0.5) is 24.8 Å². The first-order valence-electron chi connectivity index (χ1n) is 11.5. The van der Waals surface area contributed by atoms with Crippen molar-refractivity contribution in [2.45, 2.75) is 32.2 Å². The van der Waals surface area contributed by atoms with E-state index in [0.29, 0.717) is 28.9 Å². The van der Waals surface area contributed by atoms with Crippen LogP contribution in [0.25, 0.3) is 17.1 Å². The standard InChI is InChI=1S/C25H27F3N6O2/c1-16-21-14-18(31-22(35)9-6-17-4-7-20(8-5-17)36-25(26,27)28)15-29-23(21)32-24(30-16)34-12-10-19(11-13-34)33(2)3/h4-9,14-15,19H,10-13H2,1-3H3,(H,31,35)/b9-6+. The molecule has 1 N–H and O–H groups in total. The molecule has 0 atom stereocenters. The van der Waals surface area contributed by atoms with E-state index in [2.05, 4.69) is 48.9 Å². The Morgan fingerprint density at radius 1 is 1.17 bits per heavy atom. The minimum Gasteiger partial charge on any atom is -0.406 e. The van der Waals surface area contributed by atoms with Gasteiger partial charge in [0.25, 0.3) is 0 Å². The number of aryl methyl sites for hydroxylation is 1. The molecule has 0 bridgehead atoms. The van der Waals surface area contributed by atoms with Crippen molar-refractivity contribution in [2.24, 2.45) is 0 Å². The predicted octanol–water partition coefficient (Wildman–Crippen LogP) is 4.41. The van der Waals surface area contributed by atoms with Crippen LogP contribution in [0.2, 0.25) is 0 Å². The van der Waals surface area contributed by atoms with Gasteiger partial charge in [-0.1, -0.05) is 12.1 Å². The lowest BCUT2D eigenvalue weighted by molar-refractivity contribution is -0.274. The Kier molecular flexibility index (Phi) is 7.39. The van der Waals surface area contributed by atoms with E-state index in [-0.39, 0.29) is 5.75 Å². The van der Waals surface area contributed by atoms with Crippen molar-refractivity contribution in [3.8, 4) is 5.75 Å². The summed E-state index contributed by atoms with van der Waals surface area (Å²) in [7, 11) is 4.20. The Balaban J connectivity index is 1.40. The van der Waals surface area contributed by atoms with E-state index in [9.17, 15) is 18.0 Å². The molecule has 4 rings (SSSR count). The summed E-state index contributed by atoms with van der Waals surface area (Å²) in [4.78, 5) is 30.5. The van der Waals surface area contributed by atoms with Gasteiger partial charge < -0.3 is 19.9 Å². The third kappa shape index (κ3) is 6.48. The van der Waals surface area contributed by atoms with Crippen LogP contribution >= 0.6 is 0 Å². The van der Waals surface area contributed by atoms with Gasteiger partial charge in [0.1, 0.15) is 5.75 Å². The molecule has 11 heteroatoms. The van der Waals surface area contributed by atoms with E-state index < -0.39 is 12.3 Å². The Bertz CT molecular complexity index is 1250. The minimum atomic E-state index is -4.75. The average Bonchev–Trinajstić information content (AvgIpc) is 2.83. The molecule has 1 saturated heterocycles. The summed E-state index contributed by atoms with van der Waals surface area (Å²) in [5.41, 5.74) is 2.35. The zero-order valence-electron chi connectivity index (χ0n) is 20.2. The molecule has 8 nitrogen and oxygen atoms in total. The summed E-state index contributed by atoms with van der Waals surface area (Å²) in [6.45, 7) is 3.65. The Morgan fingerprint density at radius 3 is 2.50 bits per heavy atom. The smallest absolute Gasteiger partial charge is 0.406 e. The third-order valence-corrected chi connectivity index (χ3v) is 6.02. The number of rotatable bonds is 6. The van der Waals surface area contributed by atoms with Crippen molar-refractivity contribution >= 4 is 34.7 Å². The van der Waals surface area contributed by atoms with Gasteiger partial charge in [-0.25, -0.2) is 9.97 Å². The maximum absolute atomic E-state index is 12.4. The largest absolute Gasteiger partial charge is 0.573 e. The number of benzene rings is 1. The van der Waals surface area contributed by atoms with Gasteiger partial charge in [-0.2, -0.15) is 4.98 Å². The molecule has 190 valence electrons. The number of alkyl halides is 3. The fourth-order valence-electron chi connectivity index (χ4n) is 4.07. The summed E-state index contributed by atoms with van der Waals surface area (Å²) < 4.78 is 40.6. The highest BCUT2D eigenvalue weighted by molar-refractivity contribution is 6.02. The van der Waals surface area contributed by atoms with Crippen molar-refractivity contribution in [2.75, 3.05) is 37.4 Å². The lowest BCUT2D eigenvalue weighted by Crippen LogP contribution is -2.42. The maximum atomic E-state index is 12.4. The zero-order chi connectivity index (χ0) is 25.9. The number of carbonyl (C=O) groups is 1. The average molecular weight is 501 g/mol. The van der Waals surface area contributed by atoms with Crippen LogP contribution in [0.15, 0.2) is 42.6 Å². The number of amides is 1. The van der Waals surface area contributed by atoms with Crippen molar-refractivity contribution in [3.05, 3.63) is 53.9 Å². The monoisotopic (exact) mass is 500 g/mol. The zero-order valence-corrected chi connectivity index (χ0v) is 20.2. The van der Waals surface area contributed by atoms with Gasteiger partial charge in [-0.05, 0) is 63.7 Å². The van der Waals surface area contributed by atoms with Crippen LogP contribution in [0.5, 0.6) is 5.75 Å². The lowest BCUT2D eigenvalue weighted by Gasteiger charge is -2.35. The highest BCUT2D eigenvalue weighted by Crippen LogP contribution is 2.25. The first kappa shape index (κ1) is 25.4. The number of carbonyl (C=O) groups excluding carboxylic acids is 1. The molecular formula is C25H27F3N6O2. The number of pyridine rings is 1. The number of fused-ring (bicyclic) bond motifs is 1. The Labute approximate surface area is 206 Å². The molecule has 0 spiro atoms. The van der Waals surface area contributed by atoms with Gasteiger partial charge in [-0.3, -0.25) is 4.79 Å². The first-order chi connectivity index (χ1) is 17.1. The second kappa shape index (κ2) is 10.5. The van der Waals surface area contributed by atoms with E-state index in [1.165, 1.54) is 42.6 Å². The fraction of sp³-hybridized carbons (Fsp3) is 0.360. The predicted molar refractivity (Wildman–Crippen MR) is 132 cm³/mol. The van der Waals surface area contributed by atoms with Gasteiger partial charge in [0, 0.05) is 30.6 Å². The van der Waals surface area contributed by atoms with Crippen LogP contribution in [0, 0.1) is 6.92 Å². The molecule has 3 aromatic rings. The molecule has 0 unspecified atom stereocenters. The molecule has 2 aromatic heterocycles. The van der Waals surface area contributed by atoms with Crippen molar-refractivity contribution < 1.29 is 22.7 Å². The molecule has 1 fully saturated rings. The minimum absolute atomic E-state index is 0.329. The van der Waals surface area contributed by atoms with Gasteiger partial charge in [0.05, 0.1) is 17.6 Å². The molecule has 0 aliphatic carbocycles. The van der Waals surface area contributed by atoms with E-state index in [4.69, 9.17) is 0 Å². The highest BCUT2D eigenvalue weighted by Gasteiger charge is 2.31. The maximum Gasteiger partial charge on any atom is 0.573 e. The number of ether oxygens (including phenoxy) is 1. The molecule has 0 radical (unpaired) electrons. The Hall–Kier alpha value is -3.73. The van der Waals surface area contributed by atoms with Gasteiger partial charge in [0.2, 0.25) is 11.9 Å². The van der Waals surface area contributed by atoms with Crippen molar-refractivity contribution in [3.63, 3.8) is 0 Å². The number of nitrogens with zero attached hydrogens (tertiary/aromatic N) is 5. The SMILES string of the molecule is Cc1nc(N2CCC(N(C)C)CC2)nc2ncc(NC(=O)/C=C/c3ccc(OC(F)(F)F)cc3)cc12. The fourth-order valence-corrected chi connectivity index (χ4v) is 4.07. The lowest BCUT2D eigenvalue weighted by atomic mass is 10.0. The van der Waals surface area contributed by atoms with Crippen molar-refractivity contribution in [1.82, 2.24) is 19.9 Å². The summed E-state index contributed by atoms with van der Waals surface area (Å²) in [6.07, 6.45) is 1.65. The highest BCUT2D eigenvalue weighted by atomic mass is 19.4. The van der Waals surface area contributed by atoms with E-state index in [1.54, 1.807) is 6.07 Å². The number of nitrogens with one attached hydrogen (secondary N) is 1. The van der Waals surface area contributed by atoms with Crippen LogP contribution in [0.1, 0.15) is 24.1 Å². The number of aromatic nitrogens is 3. The molecular weight excluding hydrogens is 473 g/mol. The second-order valence-corrected chi connectivity index (χ2v) is 8.83. The summed E-state index contributed by atoms with van der Waals surface area (Å²) >= 11 is 0. The van der Waals surface area contributed by atoms with Crippen LogP contribution < -0.4 is 15.0 Å². The van der Waals surface area contributed by atoms with E-state index in [1.807, 2.05) is 6.92 Å². The number of anilines is 2. The first-order valence-corrected chi connectivity index (χ1v) is 11.5. The third-order valence-electron chi connectivity index (χ3n) is 6.02. The number of hydrogen-bond acceptors (Lipinski definition) is 7. The van der Waals surface area contributed by atoms with E-state index in [0.717, 1.165) is 37.0 Å². The number of halogens is 3. The van der Waals surface area contributed by atoms with Crippen molar-refractivity contribution in [1.29, 1.82) is 0 Å². The van der Waals surface area contributed by atoms with E-state index >= 15 is 0 Å². The second-order valence-electron chi connectivity index (χ2n) is 8.83. The molecule has 3 heterocycles. The molecule has 1 aliphatic rings. The molecule has 0 saturated carbocycles. The van der Waals surface area contributed by atoms with Crippen LogP contribution in [-0.2, 0) is 4.79 Å². The quantitative estimate of drug-likeness (QED) is 0.502. The van der Waals surface area contributed by atoms with Gasteiger partial charge >= 0.3 is 6.36 Å². The molecule has 1 aromatic carbocycles. The normalized spacial score (nSPS) is 15.1. The van der Waals surface area contributed by atoms with Gasteiger partial charge in [0.15, 0.2) is 5.65 Å².